The third-order valence-corrected chi connectivity index (χ3v) is 4.34. The van der Waals surface area contributed by atoms with E-state index in [4.69, 9.17) is 5.26 Å². The molecular formula is C16H14N6O2S. The Morgan fingerprint density at radius 3 is 2.92 bits per heavy atom. The number of amides is 2. The molecule has 2 amide bonds. The number of hydrogen-bond donors (Lipinski definition) is 2. The van der Waals surface area contributed by atoms with E-state index in [1.165, 1.54) is 11.3 Å². The predicted molar refractivity (Wildman–Crippen MR) is 92.1 cm³/mol. The van der Waals surface area contributed by atoms with Gasteiger partial charge >= 0.3 is 0 Å². The summed E-state index contributed by atoms with van der Waals surface area (Å²) in [5.74, 6) is -0.693. The number of nitriles is 1. The van der Waals surface area contributed by atoms with Gasteiger partial charge in [0, 0.05) is 12.4 Å². The lowest BCUT2D eigenvalue weighted by Gasteiger charge is -2.03. The van der Waals surface area contributed by atoms with Crippen LogP contribution in [0.5, 0.6) is 0 Å². The molecule has 8 nitrogen and oxygen atoms in total. The topological polar surface area (TPSA) is 113 Å². The van der Waals surface area contributed by atoms with Crippen LogP contribution >= 0.6 is 11.3 Å². The molecule has 2 heterocycles. The fourth-order valence-corrected chi connectivity index (χ4v) is 3.13. The summed E-state index contributed by atoms with van der Waals surface area (Å²) in [6, 6.07) is 9.44. The Morgan fingerprint density at radius 2 is 2.16 bits per heavy atom. The second kappa shape index (κ2) is 7.55. The van der Waals surface area contributed by atoms with E-state index in [9.17, 15) is 9.59 Å². The molecule has 0 atom stereocenters. The van der Waals surface area contributed by atoms with Gasteiger partial charge in [-0.25, -0.2) is 9.67 Å². The Hall–Kier alpha value is -3.25. The first-order valence-corrected chi connectivity index (χ1v) is 8.27. The maximum Gasteiger partial charge on any atom is 0.240 e. The molecule has 25 heavy (non-hydrogen) atoms. The molecular weight excluding hydrogens is 340 g/mol. The van der Waals surface area contributed by atoms with Crippen LogP contribution in [0.25, 0.3) is 15.9 Å². The van der Waals surface area contributed by atoms with Gasteiger partial charge in [-0.15, -0.1) is 11.3 Å². The van der Waals surface area contributed by atoms with E-state index in [1.807, 2.05) is 30.5 Å². The molecule has 0 saturated heterocycles. The van der Waals surface area contributed by atoms with Crippen LogP contribution in [-0.4, -0.2) is 39.7 Å². The summed E-state index contributed by atoms with van der Waals surface area (Å²) < 4.78 is 2.72. The summed E-state index contributed by atoms with van der Waals surface area (Å²) in [6.45, 7) is -0.236. The Bertz CT molecular complexity index is 941. The normalized spacial score (nSPS) is 10.4. The molecule has 0 radical (unpaired) electrons. The van der Waals surface area contributed by atoms with Gasteiger partial charge in [-0.1, -0.05) is 0 Å². The number of nitrogens with one attached hydrogen (secondary N) is 2. The summed E-state index contributed by atoms with van der Waals surface area (Å²) >= 11 is 1.43. The summed E-state index contributed by atoms with van der Waals surface area (Å²) in [4.78, 5) is 27.7. The summed E-state index contributed by atoms with van der Waals surface area (Å²) in [5, 5.41) is 18.1. The SMILES string of the molecule is N#CCNC(=O)CNC(=O)Cc1nc2cc(-n3cccn3)ccc2s1. The van der Waals surface area contributed by atoms with Gasteiger partial charge in [0.1, 0.15) is 11.6 Å². The number of carbonyl (C=O) groups excluding carboxylic acids is 2. The predicted octanol–water partition coefficient (Wildman–Crippen LogP) is 0.780. The quantitative estimate of drug-likeness (QED) is 0.635. The molecule has 3 rings (SSSR count). The molecule has 126 valence electrons. The molecule has 0 saturated carbocycles. The summed E-state index contributed by atoms with van der Waals surface area (Å²) in [7, 11) is 0. The van der Waals surface area contributed by atoms with E-state index < -0.39 is 5.91 Å². The van der Waals surface area contributed by atoms with Gasteiger partial charge in [-0.3, -0.25) is 9.59 Å². The minimum Gasteiger partial charge on any atom is -0.347 e. The van der Waals surface area contributed by atoms with Crippen molar-refractivity contribution in [2.75, 3.05) is 13.1 Å². The molecule has 0 fully saturated rings. The van der Waals surface area contributed by atoms with Crippen molar-refractivity contribution in [1.82, 2.24) is 25.4 Å². The van der Waals surface area contributed by atoms with Gasteiger partial charge < -0.3 is 10.6 Å². The highest BCUT2D eigenvalue weighted by Gasteiger charge is 2.11. The van der Waals surface area contributed by atoms with Crippen LogP contribution in [0.1, 0.15) is 5.01 Å². The average molecular weight is 354 g/mol. The van der Waals surface area contributed by atoms with Gasteiger partial charge in [-0.2, -0.15) is 10.4 Å². The van der Waals surface area contributed by atoms with Crippen molar-refractivity contribution in [2.45, 2.75) is 6.42 Å². The Kier molecular flexibility index (Phi) is 5.01. The van der Waals surface area contributed by atoms with Crippen LogP contribution in [0.4, 0.5) is 0 Å². The van der Waals surface area contributed by atoms with E-state index in [0.29, 0.717) is 5.01 Å². The number of carbonyl (C=O) groups is 2. The molecule has 0 aliphatic heterocycles. The van der Waals surface area contributed by atoms with Gasteiger partial charge in [-0.05, 0) is 24.3 Å². The zero-order chi connectivity index (χ0) is 17.6. The highest BCUT2D eigenvalue weighted by molar-refractivity contribution is 7.18. The Balaban J connectivity index is 1.63. The van der Waals surface area contributed by atoms with Crippen LogP contribution in [0.15, 0.2) is 36.7 Å². The summed E-state index contributed by atoms with van der Waals surface area (Å²) in [5.41, 5.74) is 1.69. The lowest BCUT2D eigenvalue weighted by molar-refractivity contribution is -0.125. The van der Waals surface area contributed by atoms with Crippen molar-refractivity contribution < 1.29 is 9.59 Å². The zero-order valence-corrected chi connectivity index (χ0v) is 13.9. The number of fused-ring (bicyclic) bond motifs is 1. The smallest absolute Gasteiger partial charge is 0.240 e. The number of nitrogens with zero attached hydrogens (tertiary/aromatic N) is 4. The minimum absolute atomic E-state index is 0.0782. The molecule has 2 N–H and O–H groups in total. The van der Waals surface area contributed by atoms with E-state index >= 15 is 0 Å². The molecule has 0 unspecified atom stereocenters. The highest BCUT2D eigenvalue weighted by atomic mass is 32.1. The fourth-order valence-electron chi connectivity index (χ4n) is 2.18. The second-order valence-corrected chi connectivity index (χ2v) is 6.21. The molecule has 1 aromatic carbocycles. The van der Waals surface area contributed by atoms with Crippen LogP contribution in [0.2, 0.25) is 0 Å². The van der Waals surface area contributed by atoms with Crippen LogP contribution in [-0.2, 0) is 16.0 Å². The van der Waals surface area contributed by atoms with Crippen molar-refractivity contribution in [2.24, 2.45) is 0 Å². The van der Waals surface area contributed by atoms with Crippen LogP contribution < -0.4 is 10.6 Å². The third-order valence-electron chi connectivity index (χ3n) is 3.31. The van der Waals surface area contributed by atoms with Crippen LogP contribution in [0, 0.1) is 11.3 Å². The Morgan fingerprint density at radius 1 is 1.28 bits per heavy atom. The average Bonchev–Trinajstić information content (AvgIpc) is 3.26. The van der Waals surface area contributed by atoms with Crippen LogP contribution in [0.3, 0.4) is 0 Å². The van der Waals surface area contributed by atoms with Gasteiger partial charge in [0.05, 0.1) is 34.9 Å². The number of benzene rings is 1. The van der Waals surface area contributed by atoms with E-state index in [2.05, 4.69) is 20.7 Å². The summed E-state index contributed by atoms with van der Waals surface area (Å²) in [6.07, 6.45) is 3.65. The Labute approximate surface area is 147 Å². The molecule has 0 bridgehead atoms. The molecule has 9 heteroatoms. The van der Waals surface area contributed by atoms with E-state index in [0.717, 1.165) is 15.9 Å². The maximum atomic E-state index is 11.9. The highest BCUT2D eigenvalue weighted by Crippen LogP contribution is 2.24. The largest absolute Gasteiger partial charge is 0.347 e. The monoisotopic (exact) mass is 354 g/mol. The standard InChI is InChI=1S/C16H14N6O2S/c17-4-6-18-15(24)10-19-14(23)9-16-21-12-8-11(2-3-13(12)25-16)22-7-1-5-20-22/h1-3,5,7-8H,6,9-10H2,(H,18,24)(H,19,23). The van der Waals surface area contributed by atoms with Crippen molar-refractivity contribution in [3.8, 4) is 11.8 Å². The fraction of sp³-hybridized carbons (Fsp3) is 0.188. The molecule has 0 spiro atoms. The third kappa shape index (κ3) is 4.19. The van der Waals surface area contributed by atoms with Gasteiger partial charge in [0.2, 0.25) is 11.8 Å². The lowest BCUT2D eigenvalue weighted by Crippen LogP contribution is -2.37. The first-order valence-electron chi connectivity index (χ1n) is 7.45. The second-order valence-electron chi connectivity index (χ2n) is 5.10. The number of thiazole rings is 1. The maximum absolute atomic E-state index is 11.9. The van der Waals surface area contributed by atoms with Gasteiger partial charge in [0.15, 0.2) is 0 Å². The number of hydrogen-bond acceptors (Lipinski definition) is 6. The molecule has 2 aromatic heterocycles. The van der Waals surface area contributed by atoms with Crippen molar-refractivity contribution in [1.29, 1.82) is 5.26 Å². The molecule has 3 aromatic rings. The molecule has 0 aliphatic carbocycles. The first kappa shape index (κ1) is 16.6. The van der Waals surface area contributed by atoms with Crippen molar-refractivity contribution >= 4 is 33.4 Å². The zero-order valence-electron chi connectivity index (χ0n) is 13.1. The van der Waals surface area contributed by atoms with E-state index in [-0.39, 0.29) is 25.4 Å². The van der Waals surface area contributed by atoms with Crippen molar-refractivity contribution in [3.05, 3.63) is 41.7 Å². The molecule has 0 aliphatic rings. The van der Waals surface area contributed by atoms with Crippen molar-refractivity contribution in [3.63, 3.8) is 0 Å². The lowest BCUT2D eigenvalue weighted by atomic mass is 10.3. The number of aromatic nitrogens is 3. The van der Waals surface area contributed by atoms with E-state index in [1.54, 1.807) is 16.9 Å². The number of rotatable bonds is 6. The minimum atomic E-state index is -0.400. The first-order chi connectivity index (χ1) is 12.2. The van der Waals surface area contributed by atoms with Gasteiger partial charge in [0.25, 0.3) is 0 Å².